The van der Waals surface area contributed by atoms with Crippen molar-refractivity contribution in [2.45, 2.75) is 17.6 Å². The van der Waals surface area contributed by atoms with Gasteiger partial charge in [-0.3, -0.25) is 0 Å². The Hall–Kier alpha value is -1.61. The van der Waals surface area contributed by atoms with Crippen LogP contribution in [0, 0.1) is 6.92 Å². The molecule has 18 heavy (non-hydrogen) atoms. The molecule has 0 fully saturated rings. The van der Waals surface area contributed by atoms with Gasteiger partial charge in [0.2, 0.25) is 0 Å². The van der Waals surface area contributed by atoms with Crippen molar-refractivity contribution in [1.29, 1.82) is 0 Å². The lowest BCUT2D eigenvalue weighted by atomic mass is 10.1. The Balaban J connectivity index is 2.13. The number of methoxy groups -OCH3 is 1. The van der Waals surface area contributed by atoms with Crippen LogP contribution in [-0.4, -0.2) is 7.11 Å². The Morgan fingerprint density at radius 3 is 2.67 bits per heavy atom. The number of benzene rings is 2. The van der Waals surface area contributed by atoms with E-state index in [1.165, 1.54) is 11.1 Å². The lowest BCUT2D eigenvalue weighted by Gasteiger charge is -2.09. The number of aryl methyl sites for hydroxylation is 1. The molecule has 0 aliphatic rings. The zero-order valence-corrected chi connectivity index (χ0v) is 11.5. The summed E-state index contributed by atoms with van der Waals surface area (Å²) in [7, 11) is 1.67. The maximum absolute atomic E-state index is 5.97. The monoisotopic (exact) mass is 259 g/mol. The van der Waals surface area contributed by atoms with E-state index in [0.717, 1.165) is 22.1 Å². The average Bonchev–Trinajstić information content (AvgIpc) is 2.39. The zero-order valence-electron chi connectivity index (χ0n) is 10.6. The molecule has 0 saturated heterocycles. The third kappa shape index (κ3) is 2.99. The van der Waals surface area contributed by atoms with E-state index >= 15 is 0 Å². The van der Waals surface area contributed by atoms with Gasteiger partial charge in [0.15, 0.2) is 0 Å². The molecule has 2 nitrogen and oxygen atoms in total. The predicted molar refractivity (Wildman–Crippen MR) is 78.1 cm³/mol. The maximum Gasteiger partial charge on any atom is 0.120 e. The number of hydrogen-bond donors (Lipinski definition) is 1. The first kappa shape index (κ1) is 12.8. The highest BCUT2D eigenvalue weighted by molar-refractivity contribution is 7.98. The van der Waals surface area contributed by atoms with Gasteiger partial charge in [-0.2, -0.15) is 0 Å². The minimum atomic E-state index is 0.800. The smallest absolute Gasteiger partial charge is 0.120 e. The first-order valence-electron chi connectivity index (χ1n) is 5.81. The van der Waals surface area contributed by atoms with E-state index in [0.29, 0.717) is 0 Å². The summed E-state index contributed by atoms with van der Waals surface area (Å²) in [5.74, 6) is 1.76. The van der Waals surface area contributed by atoms with Gasteiger partial charge in [0.05, 0.1) is 7.11 Å². The topological polar surface area (TPSA) is 35.2 Å². The Bertz CT molecular complexity index is 540. The first-order valence-corrected chi connectivity index (χ1v) is 6.80. The summed E-state index contributed by atoms with van der Waals surface area (Å²) in [5, 5.41) is 0. The summed E-state index contributed by atoms with van der Waals surface area (Å²) >= 11 is 1.74. The molecule has 2 aromatic rings. The minimum absolute atomic E-state index is 0.800. The molecule has 0 amide bonds. The molecule has 2 N–H and O–H groups in total. The van der Waals surface area contributed by atoms with E-state index in [-0.39, 0.29) is 0 Å². The largest absolute Gasteiger partial charge is 0.497 e. The molecule has 0 saturated carbocycles. The molecule has 0 bridgehead atoms. The van der Waals surface area contributed by atoms with Crippen LogP contribution in [0.25, 0.3) is 0 Å². The van der Waals surface area contributed by atoms with Gasteiger partial charge in [0, 0.05) is 16.3 Å². The standard InChI is InChI=1S/C15H17NOS/c1-11-5-3-4-6-12(11)10-18-15-9-13(17-2)7-8-14(15)16/h3-9H,10,16H2,1-2H3. The van der Waals surface area contributed by atoms with Gasteiger partial charge < -0.3 is 10.5 Å². The van der Waals surface area contributed by atoms with Gasteiger partial charge in [-0.1, -0.05) is 24.3 Å². The Morgan fingerprint density at radius 1 is 1.17 bits per heavy atom. The van der Waals surface area contributed by atoms with Crippen LogP contribution in [-0.2, 0) is 5.75 Å². The summed E-state index contributed by atoms with van der Waals surface area (Å²) in [6, 6.07) is 14.2. The van der Waals surface area contributed by atoms with Gasteiger partial charge in [0.1, 0.15) is 5.75 Å². The molecular weight excluding hydrogens is 242 g/mol. The molecule has 0 heterocycles. The predicted octanol–water partition coefficient (Wildman–Crippen LogP) is 3.88. The minimum Gasteiger partial charge on any atom is -0.497 e. The number of ether oxygens (including phenoxy) is 1. The fourth-order valence-corrected chi connectivity index (χ4v) is 2.76. The van der Waals surface area contributed by atoms with E-state index in [2.05, 4.69) is 31.2 Å². The fourth-order valence-electron chi connectivity index (χ4n) is 1.69. The van der Waals surface area contributed by atoms with Crippen LogP contribution < -0.4 is 10.5 Å². The van der Waals surface area contributed by atoms with Crippen LogP contribution in [0.4, 0.5) is 5.69 Å². The van der Waals surface area contributed by atoms with Crippen molar-refractivity contribution < 1.29 is 4.74 Å². The quantitative estimate of drug-likeness (QED) is 0.668. The van der Waals surface area contributed by atoms with Gasteiger partial charge >= 0.3 is 0 Å². The highest BCUT2D eigenvalue weighted by Crippen LogP contribution is 2.31. The third-order valence-electron chi connectivity index (χ3n) is 2.87. The number of nitrogens with two attached hydrogens (primary N) is 1. The van der Waals surface area contributed by atoms with E-state index < -0.39 is 0 Å². The number of nitrogen functional groups attached to an aromatic ring is 1. The van der Waals surface area contributed by atoms with Crippen molar-refractivity contribution in [3.05, 3.63) is 53.6 Å². The Morgan fingerprint density at radius 2 is 1.94 bits per heavy atom. The number of thioether (sulfide) groups is 1. The molecule has 2 aromatic carbocycles. The van der Waals surface area contributed by atoms with Crippen LogP contribution in [0.3, 0.4) is 0 Å². The van der Waals surface area contributed by atoms with E-state index in [1.54, 1.807) is 18.9 Å². The second-order valence-corrected chi connectivity index (χ2v) is 5.14. The lowest BCUT2D eigenvalue weighted by Crippen LogP contribution is -1.92. The fraction of sp³-hybridized carbons (Fsp3) is 0.200. The van der Waals surface area contributed by atoms with Gasteiger partial charge in [-0.05, 0) is 36.2 Å². The van der Waals surface area contributed by atoms with Crippen LogP contribution in [0.5, 0.6) is 5.75 Å². The molecule has 0 spiro atoms. The maximum atomic E-state index is 5.97. The van der Waals surface area contributed by atoms with Crippen LogP contribution in [0.2, 0.25) is 0 Å². The molecule has 94 valence electrons. The molecule has 3 heteroatoms. The molecule has 0 aliphatic heterocycles. The van der Waals surface area contributed by atoms with E-state index in [9.17, 15) is 0 Å². The summed E-state index contributed by atoms with van der Waals surface area (Å²) in [5.41, 5.74) is 9.42. The molecule has 2 rings (SSSR count). The highest BCUT2D eigenvalue weighted by Gasteiger charge is 2.04. The normalized spacial score (nSPS) is 10.3. The molecule has 0 atom stereocenters. The Kier molecular flexibility index (Phi) is 4.15. The second kappa shape index (κ2) is 5.83. The molecule has 0 unspecified atom stereocenters. The van der Waals surface area contributed by atoms with Crippen LogP contribution in [0.1, 0.15) is 11.1 Å². The van der Waals surface area contributed by atoms with Crippen molar-refractivity contribution in [2.75, 3.05) is 12.8 Å². The molecular formula is C15H17NOS. The van der Waals surface area contributed by atoms with Crippen LogP contribution in [0.15, 0.2) is 47.4 Å². The molecule has 0 radical (unpaired) electrons. The van der Waals surface area contributed by atoms with Crippen molar-refractivity contribution in [3.8, 4) is 5.75 Å². The van der Waals surface area contributed by atoms with Crippen molar-refractivity contribution in [2.24, 2.45) is 0 Å². The molecule has 0 aromatic heterocycles. The van der Waals surface area contributed by atoms with Crippen molar-refractivity contribution in [1.82, 2.24) is 0 Å². The van der Waals surface area contributed by atoms with Crippen molar-refractivity contribution >= 4 is 17.4 Å². The van der Waals surface area contributed by atoms with Gasteiger partial charge in [-0.25, -0.2) is 0 Å². The summed E-state index contributed by atoms with van der Waals surface area (Å²) in [4.78, 5) is 1.07. The number of anilines is 1. The Labute approximate surface area is 112 Å². The zero-order chi connectivity index (χ0) is 13.0. The SMILES string of the molecule is COc1ccc(N)c(SCc2ccccc2C)c1. The summed E-state index contributed by atoms with van der Waals surface area (Å²) in [6.45, 7) is 2.13. The second-order valence-electron chi connectivity index (χ2n) is 4.12. The van der Waals surface area contributed by atoms with Gasteiger partial charge in [0.25, 0.3) is 0 Å². The lowest BCUT2D eigenvalue weighted by molar-refractivity contribution is 0.414. The average molecular weight is 259 g/mol. The van der Waals surface area contributed by atoms with E-state index in [1.807, 2.05) is 18.2 Å². The van der Waals surface area contributed by atoms with Crippen molar-refractivity contribution in [3.63, 3.8) is 0 Å². The summed E-state index contributed by atoms with van der Waals surface area (Å²) < 4.78 is 5.22. The molecule has 0 aliphatic carbocycles. The number of rotatable bonds is 4. The highest BCUT2D eigenvalue weighted by atomic mass is 32.2. The first-order chi connectivity index (χ1) is 8.70. The third-order valence-corrected chi connectivity index (χ3v) is 3.99. The van der Waals surface area contributed by atoms with E-state index in [4.69, 9.17) is 10.5 Å². The summed E-state index contributed by atoms with van der Waals surface area (Å²) in [6.07, 6.45) is 0. The number of hydrogen-bond acceptors (Lipinski definition) is 3. The van der Waals surface area contributed by atoms with Gasteiger partial charge in [-0.15, -0.1) is 11.8 Å². The van der Waals surface area contributed by atoms with Crippen LogP contribution >= 0.6 is 11.8 Å².